The van der Waals surface area contributed by atoms with Crippen molar-refractivity contribution in [2.75, 3.05) is 16.2 Å². The molecule has 0 bridgehead atoms. The number of hydrogen-bond donors (Lipinski definition) is 1. The maximum Gasteiger partial charge on any atom is 0.261 e. The molecule has 2 aromatic rings. The molecule has 1 amide bonds. The number of rotatable bonds is 4. The first-order valence-electron chi connectivity index (χ1n) is 7.56. The zero-order valence-electron chi connectivity index (χ0n) is 13.1. The summed E-state index contributed by atoms with van der Waals surface area (Å²) in [7, 11) is -3.72. The maximum atomic E-state index is 12.5. The van der Waals surface area contributed by atoms with Gasteiger partial charge in [-0.3, -0.25) is 9.52 Å². The molecule has 1 saturated heterocycles. The van der Waals surface area contributed by atoms with E-state index in [4.69, 9.17) is 11.6 Å². The van der Waals surface area contributed by atoms with Crippen LogP contribution in [0.3, 0.4) is 0 Å². The second kappa shape index (κ2) is 6.45. The number of nitrogens with one attached hydrogen (secondary N) is 1. The Kier molecular flexibility index (Phi) is 4.51. The highest BCUT2D eigenvalue weighted by Crippen LogP contribution is 2.26. The van der Waals surface area contributed by atoms with Crippen LogP contribution in [0.2, 0.25) is 5.02 Å². The van der Waals surface area contributed by atoms with Crippen LogP contribution >= 0.6 is 11.6 Å². The summed E-state index contributed by atoms with van der Waals surface area (Å²) in [4.78, 5) is 13.6. The predicted molar refractivity (Wildman–Crippen MR) is 95.0 cm³/mol. The van der Waals surface area contributed by atoms with E-state index in [1.807, 2.05) is 0 Å². The van der Waals surface area contributed by atoms with Crippen LogP contribution in [0.4, 0.5) is 11.4 Å². The Hall–Kier alpha value is -2.05. The molecule has 1 N–H and O–H groups in total. The van der Waals surface area contributed by atoms with Gasteiger partial charge in [0, 0.05) is 23.7 Å². The molecule has 24 heavy (non-hydrogen) atoms. The Morgan fingerprint density at radius 3 is 2.46 bits per heavy atom. The molecule has 0 spiro atoms. The Labute approximate surface area is 146 Å². The van der Waals surface area contributed by atoms with Crippen molar-refractivity contribution >= 4 is 38.9 Å². The highest BCUT2D eigenvalue weighted by atomic mass is 35.5. The molecule has 1 aliphatic rings. The van der Waals surface area contributed by atoms with E-state index < -0.39 is 10.0 Å². The first-order chi connectivity index (χ1) is 11.4. The van der Waals surface area contributed by atoms with Gasteiger partial charge in [0.2, 0.25) is 5.91 Å². The lowest BCUT2D eigenvalue weighted by atomic mass is 10.2. The minimum absolute atomic E-state index is 0.0679. The summed E-state index contributed by atoms with van der Waals surface area (Å²) < 4.78 is 27.6. The number of amides is 1. The quantitative estimate of drug-likeness (QED) is 0.901. The fourth-order valence-electron chi connectivity index (χ4n) is 2.63. The Bertz CT molecular complexity index is 879. The Morgan fingerprint density at radius 1 is 1.12 bits per heavy atom. The maximum absolute atomic E-state index is 12.5. The van der Waals surface area contributed by atoms with Crippen LogP contribution in [0.25, 0.3) is 0 Å². The van der Waals surface area contributed by atoms with E-state index in [0.29, 0.717) is 23.7 Å². The van der Waals surface area contributed by atoms with Crippen LogP contribution in [0.1, 0.15) is 18.4 Å². The molecular formula is C17H17ClN2O3S. The van der Waals surface area contributed by atoms with Crippen molar-refractivity contribution in [2.24, 2.45) is 0 Å². The third-order valence-corrected chi connectivity index (χ3v) is 5.59. The van der Waals surface area contributed by atoms with Gasteiger partial charge in [0.25, 0.3) is 10.0 Å². The predicted octanol–water partition coefficient (Wildman–Crippen LogP) is 3.58. The van der Waals surface area contributed by atoms with Gasteiger partial charge in [-0.05, 0) is 55.3 Å². The van der Waals surface area contributed by atoms with Gasteiger partial charge in [0.15, 0.2) is 0 Å². The lowest BCUT2D eigenvalue weighted by Gasteiger charge is -2.16. The number of halogens is 1. The van der Waals surface area contributed by atoms with Gasteiger partial charge >= 0.3 is 0 Å². The van der Waals surface area contributed by atoms with Crippen LogP contribution in [-0.4, -0.2) is 20.9 Å². The fraction of sp³-hybridized carbons (Fsp3) is 0.235. The van der Waals surface area contributed by atoms with Crippen LogP contribution < -0.4 is 9.62 Å². The number of carbonyl (C=O) groups excluding carboxylic acids is 1. The van der Waals surface area contributed by atoms with Crippen molar-refractivity contribution < 1.29 is 13.2 Å². The van der Waals surface area contributed by atoms with Gasteiger partial charge in [-0.2, -0.15) is 0 Å². The van der Waals surface area contributed by atoms with Gasteiger partial charge in [0.1, 0.15) is 0 Å². The smallest absolute Gasteiger partial charge is 0.261 e. The zero-order valence-corrected chi connectivity index (χ0v) is 14.7. The van der Waals surface area contributed by atoms with Gasteiger partial charge in [-0.1, -0.05) is 17.7 Å². The molecule has 0 saturated carbocycles. The van der Waals surface area contributed by atoms with Gasteiger partial charge in [-0.25, -0.2) is 8.42 Å². The van der Waals surface area contributed by atoms with Gasteiger partial charge < -0.3 is 4.90 Å². The van der Waals surface area contributed by atoms with Crippen molar-refractivity contribution in [3.63, 3.8) is 0 Å². The summed E-state index contributed by atoms with van der Waals surface area (Å²) in [5.41, 5.74) is 1.94. The minimum Gasteiger partial charge on any atom is -0.312 e. The topological polar surface area (TPSA) is 66.5 Å². The second-order valence-corrected chi connectivity index (χ2v) is 7.83. The first-order valence-corrected chi connectivity index (χ1v) is 9.42. The van der Waals surface area contributed by atoms with Gasteiger partial charge in [-0.15, -0.1) is 0 Å². The van der Waals surface area contributed by atoms with Crippen LogP contribution in [-0.2, 0) is 14.8 Å². The molecule has 5 nitrogen and oxygen atoms in total. The average molecular weight is 365 g/mol. The highest BCUT2D eigenvalue weighted by molar-refractivity contribution is 7.92. The van der Waals surface area contributed by atoms with Crippen molar-refractivity contribution in [3.8, 4) is 0 Å². The fourth-order valence-corrected chi connectivity index (χ4v) is 3.93. The number of sulfonamides is 1. The highest BCUT2D eigenvalue weighted by Gasteiger charge is 2.22. The van der Waals surface area contributed by atoms with Crippen molar-refractivity contribution in [2.45, 2.75) is 24.7 Å². The Balaban J connectivity index is 1.84. The number of nitrogens with zero attached hydrogens (tertiary/aromatic N) is 1. The molecule has 7 heteroatoms. The normalized spacial score (nSPS) is 14.9. The molecule has 0 aliphatic carbocycles. The largest absolute Gasteiger partial charge is 0.312 e. The van der Waals surface area contributed by atoms with Crippen molar-refractivity contribution in [3.05, 3.63) is 53.1 Å². The van der Waals surface area contributed by atoms with Gasteiger partial charge in [0.05, 0.1) is 10.6 Å². The average Bonchev–Trinajstić information content (AvgIpc) is 2.97. The number of carbonyl (C=O) groups is 1. The third-order valence-electron chi connectivity index (χ3n) is 3.98. The molecule has 1 aliphatic heterocycles. The van der Waals surface area contributed by atoms with Crippen LogP contribution in [0.5, 0.6) is 0 Å². The van der Waals surface area contributed by atoms with E-state index in [1.54, 1.807) is 42.2 Å². The lowest BCUT2D eigenvalue weighted by Crippen LogP contribution is -2.23. The van der Waals surface area contributed by atoms with Crippen LogP contribution in [0.15, 0.2) is 47.4 Å². The van der Waals surface area contributed by atoms with E-state index in [0.717, 1.165) is 17.7 Å². The summed E-state index contributed by atoms with van der Waals surface area (Å²) in [6, 6.07) is 11.3. The summed E-state index contributed by atoms with van der Waals surface area (Å²) in [6.07, 6.45) is 1.37. The summed E-state index contributed by atoms with van der Waals surface area (Å²) in [5, 5.41) is 0.459. The molecule has 0 atom stereocenters. The molecule has 1 fully saturated rings. The van der Waals surface area contributed by atoms with Crippen molar-refractivity contribution in [1.29, 1.82) is 0 Å². The zero-order chi connectivity index (χ0) is 17.3. The molecule has 126 valence electrons. The molecule has 0 aromatic heterocycles. The minimum atomic E-state index is -3.72. The van der Waals surface area contributed by atoms with E-state index >= 15 is 0 Å². The number of hydrogen-bond acceptors (Lipinski definition) is 3. The number of aryl methyl sites for hydroxylation is 1. The van der Waals surface area contributed by atoms with E-state index in [-0.39, 0.29) is 10.8 Å². The molecule has 2 aromatic carbocycles. The third kappa shape index (κ3) is 3.39. The Morgan fingerprint density at radius 2 is 1.83 bits per heavy atom. The second-order valence-electron chi connectivity index (χ2n) is 5.71. The molecule has 1 heterocycles. The molecule has 0 radical (unpaired) electrons. The summed E-state index contributed by atoms with van der Waals surface area (Å²) in [6.45, 7) is 2.47. The van der Waals surface area contributed by atoms with E-state index in [2.05, 4.69) is 4.72 Å². The standard InChI is InChI=1S/C17H17ClN2O3S/c1-12-4-5-13(18)11-16(12)19-24(22,23)15-8-6-14(7-9-15)20-10-2-3-17(20)21/h4-9,11,19H,2-3,10H2,1H3. The van der Waals surface area contributed by atoms with Crippen molar-refractivity contribution in [1.82, 2.24) is 0 Å². The van der Waals surface area contributed by atoms with E-state index in [9.17, 15) is 13.2 Å². The molecule has 3 rings (SSSR count). The number of anilines is 2. The summed E-state index contributed by atoms with van der Waals surface area (Å²) in [5.74, 6) is 0.0679. The lowest BCUT2D eigenvalue weighted by molar-refractivity contribution is -0.117. The molecule has 0 unspecified atom stereocenters. The number of benzene rings is 2. The summed E-state index contributed by atoms with van der Waals surface area (Å²) >= 11 is 5.93. The monoisotopic (exact) mass is 364 g/mol. The molecular weight excluding hydrogens is 348 g/mol. The van der Waals surface area contributed by atoms with E-state index in [1.165, 1.54) is 12.1 Å². The first kappa shape index (κ1) is 16.8. The van der Waals surface area contributed by atoms with Crippen LogP contribution in [0, 0.1) is 6.92 Å². The SMILES string of the molecule is Cc1ccc(Cl)cc1NS(=O)(=O)c1ccc(N2CCCC2=O)cc1.